The fraction of sp³-hybridized carbons (Fsp3) is 0.345. The third kappa shape index (κ3) is 6.95. The SMILES string of the molecule is CC(C)CC(NC(=O)c1ccc2ccccc2n1)C(=O)N[C@@H]1C(=O)CCCCN1C(=O)Nc1ccccc1F. The van der Waals surface area contributed by atoms with Crippen molar-refractivity contribution in [1.82, 2.24) is 20.5 Å². The molecular formula is C29H32FN5O4. The van der Waals surface area contributed by atoms with E-state index < -0.39 is 35.9 Å². The van der Waals surface area contributed by atoms with Crippen molar-refractivity contribution >= 4 is 40.2 Å². The van der Waals surface area contributed by atoms with Crippen LogP contribution in [0.3, 0.4) is 0 Å². The van der Waals surface area contributed by atoms with Crippen molar-refractivity contribution < 1.29 is 23.6 Å². The number of likely N-dealkylation sites (tertiary alicyclic amines) is 1. The molecule has 1 saturated heterocycles. The fourth-order valence-corrected chi connectivity index (χ4v) is 4.51. The van der Waals surface area contributed by atoms with Gasteiger partial charge in [-0.05, 0) is 49.4 Å². The molecule has 1 aromatic heterocycles. The van der Waals surface area contributed by atoms with Gasteiger partial charge in [0.2, 0.25) is 5.91 Å². The number of benzene rings is 2. The lowest BCUT2D eigenvalue weighted by Crippen LogP contribution is -2.59. The van der Waals surface area contributed by atoms with Gasteiger partial charge in [-0.3, -0.25) is 19.3 Å². The average Bonchev–Trinajstić information content (AvgIpc) is 3.10. The van der Waals surface area contributed by atoms with E-state index in [2.05, 4.69) is 20.9 Å². The van der Waals surface area contributed by atoms with Crippen LogP contribution in [-0.4, -0.2) is 52.3 Å². The van der Waals surface area contributed by atoms with E-state index in [1.165, 1.54) is 23.1 Å². The first-order valence-electron chi connectivity index (χ1n) is 13.0. The maximum atomic E-state index is 14.1. The highest BCUT2D eigenvalue weighted by molar-refractivity contribution is 6.00. The number of pyridine rings is 1. The van der Waals surface area contributed by atoms with Crippen molar-refractivity contribution in [2.45, 2.75) is 51.7 Å². The molecule has 1 aliphatic rings. The van der Waals surface area contributed by atoms with Crippen LogP contribution in [0.5, 0.6) is 0 Å². The number of amides is 4. The molecule has 0 aliphatic carbocycles. The monoisotopic (exact) mass is 533 g/mol. The van der Waals surface area contributed by atoms with E-state index in [0.717, 1.165) is 5.39 Å². The van der Waals surface area contributed by atoms with Gasteiger partial charge in [-0.2, -0.15) is 0 Å². The lowest BCUT2D eigenvalue weighted by Gasteiger charge is -2.31. The number of carbonyl (C=O) groups excluding carboxylic acids is 4. The van der Waals surface area contributed by atoms with Crippen LogP contribution < -0.4 is 16.0 Å². The summed E-state index contributed by atoms with van der Waals surface area (Å²) in [6.07, 6.45) is 0.318. The van der Waals surface area contributed by atoms with Gasteiger partial charge in [-0.1, -0.05) is 50.2 Å². The first kappa shape index (κ1) is 27.7. The number of hydrogen-bond donors (Lipinski definition) is 3. The summed E-state index contributed by atoms with van der Waals surface area (Å²) < 4.78 is 14.1. The Hall–Kier alpha value is -4.34. The van der Waals surface area contributed by atoms with Crippen molar-refractivity contribution in [3.8, 4) is 0 Å². The maximum Gasteiger partial charge on any atom is 0.323 e. The Labute approximate surface area is 226 Å². The number of carbonyl (C=O) groups is 4. The summed E-state index contributed by atoms with van der Waals surface area (Å²) in [6.45, 7) is 4.01. The zero-order valence-electron chi connectivity index (χ0n) is 21.9. The number of hydrogen-bond acceptors (Lipinski definition) is 5. The summed E-state index contributed by atoms with van der Waals surface area (Å²) in [4.78, 5) is 58.2. The summed E-state index contributed by atoms with van der Waals surface area (Å²) in [5.74, 6) is -2.04. The summed E-state index contributed by atoms with van der Waals surface area (Å²) in [7, 11) is 0. The van der Waals surface area contributed by atoms with E-state index in [4.69, 9.17) is 0 Å². The van der Waals surface area contributed by atoms with Gasteiger partial charge in [-0.15, -0.1) is 0 Å². The number of ketones is 1. The molecule has 10 heteroatoms. The van der Waals surface area contributed by atoms with Crippen LogP contribution in [0.2, 0.25) is 0 Å². The highest BCUT2D eigenvalue weighted by Crippen LogP contribution is 2.18. The van der Waals surface area contributed by atoms with E-state index in [1.54, 1.807) is 24.3 Å². The highest BCUT2D eigenvalue weighted by atomic mass is 19.1. The third-order valence-electron chi connectivity index (χ3n) is 6.50. The number of fused-ring (bicyclic) bond motifs is 1. The molecule has 0 radical (unpaired) electrons. The Balaban J connectivity index is 1.52. The molecule has 0 saturated carbocycles. The van der Waals surface area contributed by atoms with Gasteiger partial charge < -0.3 is 16.0 Å². The molecule has 4 amide bonds. The second kappa shape index (κ2) is 12.5. The number of halogens is 1. The summed E-state index contributed by atoms with van der Waals surface area (Å²) in [5, 5.41) is 8.80. The molecule has 1 unspecified atom stereocenters. The molecule has 3 N–H and O–H groups in total. The van der Waals surface area contributed by atoms with Crippen molar-refractivity contribution in [3.63, 3.8) is 0 Å². The molecule has 2 heterocycles. The van der Waals surface area contributed by atoms with Gasteiger partial charge >= 0.3 is 6.03 Å². The number of anilines is 1. The Morgan fingerprint density at radius 3 is 2.54 bits per heavy atom. The fourth-order valence-electron chi connectivity index (χ4n) is 4.51. The second-order valence-corrected chi connectivity index (χ2v) is 9.98. The van der Waals surface area contributed by atoms with E-state index in [1.807, 2.05) is 32.0 Å². The Morgan fingerprint density at radius 1 is 1.03 bits per heavy atom. The Morgan fingerprint density at radius 2 is 1.77 bits per heavy atom. The second-order valence-electron chi connectivity index (χ2n) is 9.98. The minimum atomic E-state index is -1.25. The van der Waals surface area contributed by atoms with Crippen LogP contribution >= 0.6 is 0 Å². The molecule has 1 aliphatic heterocycles. The van der Waals surface area contributed by atoms with E-state index in [9.17, 15) is 23.6 Å². The molecular weight excluding hydrogens is 501 g/mol. The number of urea groups is 1. The minimum Gasteiger partial charge on any atom is -0.339 e. The summed E-state index contributed by atoms with van der Waals surface area (Å²) in [5.41, 5.74) is 0.777. The molecule has 2 aromatic carbocycles. The predicted octanol–water partition coefficient (Wildman–Crippen LogP) is 4.25. The van der Waals surface area contributed by atoms with Gasteiger partial charge in [0.25, 0.3) is 5.91 Å². The van der Waals surface area contributed by atoms with Crippen LogP contribution in [-0.2, 0) is 9.59 Å². The molecule has 9 nitrogen and oxygen atoms in total. The molecule has 0 bridgehead atoms. The summed E-state index contributed by atoms with van der Waals surface area (Å²) in [6, 6.07) is 14.8. The van der Waals surface area contributed by atoms with Gasteiger partial charge in [-0.25, -0.2) is 14.2 Å². The largest absolute Gasteiger partial charge is 0.339 e. The van der Waals surface area contributed by atoms with Crippen LogP contribution in [0.4, 0.5) is 14.9 Å². The number of para-hydroxylation sites is 2. The zero-order chi connectivity index (χ0) is 27.9. The molecule has 39 heavy (non-hydrogen) atoms. The first-order valence-corrected chi connectivity index (χ1v) is 13.0. The smallest absolute Gasteiger partial charge is 0.323 e. The van der Waals surface area contributed by atoms with Crippen LogP contribution in [0.25, 0.3) is 10.9 Å². The van der Waals surface area contributed by atoms with Gasteiger partial charge in [0.1, 0.15) is 17.6 Å². The number of nitrogens with zero attached hydrogens (tertiary/aromatic N) is 2. The molecule has 0 spiro atoms. The average molecular weight is 534 g/mol. The van der Waals surface area contributed by atoms with Gasteiger partial charge in [0.05, 0.1) is 11.2 Å². The zero-order valence-corrected chi connectivity index (χ0v) is 21.9. The number of rotatable bonds is 7. The molecule has 204 valence electrons. The normalized spacial score (nSPS) is 16.5. The molecule has 1 fully saturated rings. The van der Waals surface area contributed by atoms with Crippen molar-refractivity contribution in [2.24, 2.45) is 5.92 Å². The first-order chi connectivity index (χ1) is 18.7. The lowest BCUT2D eigenvalue weighted by molar-refractivity contribution is -0.131. The minimum absolute atomic E-state index is 0.0305. The number of nitrogens with one attached hydrogen (secondary N) is 3. The van der Waals surface area contributed by atoms with Crippen molar-refractivity contribution in [3.05, 3.63) is 72.2 Å². The topological polar surface area (TPSA) is 120 Å². The van der Waals surface area contributed by atoms with Crippen LogP contribution in [0, 0.1) is 11.7 Å². The standard InChI is InChI=1S/C29H32FN5O4/c1-18(2)17-24(32-27(37)23-15-14-19-9-3-5-11-21(19)31-23)28(38)34-26-25(36)13-7-8-16-35(26)29(39)33-22-12-6-4-10-20(22)30/h3-6,9-12,14-15,18,24,26H,7-8,13,16-17H2,1-2H3,(H,32,37)(H,33,39)(H,34,38)/t24?,26-/m0/s1. The van der Waals surface area contributed by atoms with Crippen molar-refractivity contribution in [2.75, 3.05) is 11.9 Å². The molecule has 3 aromatic rings. The maximum absolute atomic E-state index is 14.1. The third-order valence-corrected chi connectivity index (χ3v) is 6.50. The highest BCUT2D eigenvalue weighted by Gasteiger charge is 2.35. The predicted molar refractivity (Wildman–Crippen MR) is 145 cm³/mol. The van der Waals surface area contributed by atoms with E-state index >= 15 is 0 Å². The van der Waals surface area contributed by atoms with E-state index in [0.29, 0.717) is 24.8 Å². The molecule has 4 rings (SSSR count). The van der Waals surface area contributed by atoms with E-state index in [-0.39, 0.29) is 36.0 Å². The van der Waals surface area contributed by atoms with Gasteiger partial charge in [0.15, 0.2) is 11.9 Å². The Bertz CT molecular complexity index is 1380. The number of aromatic nitrogens is 1. The van der Waals surface area contributed by atoms with Gasteiger partial charge in [0, 0.05) is 18.4 Å². The summed E-state index contributed by atoms with van der Waals surface area (Å²) >= 11 is 0. The molecule has 2 atom stereocenters. The quantitative estimate of drug-likeness (QED) is 0.419. The van der Waals surface area contributed by atoms with Crippen molar-refractivity contribution in [1.29, 1.82) is 0 Å². The van der Waals surface area contributed by atoms with Crippen LogP contribution in [0.15, 0.2) is 60.7 Å². The lowest BCUT2D eigenvalue weighted by atomic mass is 10.0. The van der Waals surface area contributed by atoms with Crippen LogP contribution in [0.1, 0.15) is 50.0 Å². The number of Topliss-reactive ketones (excluding diaryl/α,β-unsaturated/α-hetero) is 1. The Kier molecular flexibility index (Phi) is 8.85.